The molecule has 20 heavy (non-hydrogen) atoms. The molecule has 1 N–H and O–H groups in total. The lowest BCUT2D eigenvalue weighted by Crippen LogP contribution is -2.43. The average Bonchev–Trinajstić information content (AvgIpc) is 3.03. The van der Waals surface area contributed by atoms with Gasteiger partial charge in [-0.3, -0.25) is 9.69 Å². The lowest BCUT2D eigenvalue weighted by atomic mass is 9.90. The molecule has 2 aliphatic rings. The van der Waals surface area contributed by atoms with E-state index in [1.165, 1.54) is 5.56 Å². The molecule has 2 amide bonds. The fraction of sp³-hybridized carbons (Fsp3) is 0.467. The Morgan fingerprint density at radius 2 is 2.00 bits per heavy atom. The van der Waals surface area contributed by atoms with E-state index in [1.807, 2.05) is 24.3 Å². The molecule has 5 heteroatoms. The zero-order valence-corrected chi connectivity index (χ0v) is 11.5. The molecule has 5 nitrogen and oxygen atoms in total. The Labute approximate surface area is 117 Å². The number of likely N-dealkylation sites (tertiary alicyclic amines) is 1. The molecule has 0 bridgehead atoms. The number of urea groups is 1. The van der Waals surface area contributed by atoms with Gasteiger partial charge in [-0.05, 0) is 31.4 Å². The Hall–Kier alpha value is -2.04. The summed E-state index contributed by atoms with van der Waals surface area (Å²) in [4.78, 5) is 27.3. The number of amides is 2. The molecular weight excluding hydrogens is 256 g/mol. The van der Waals surface area contributed by atoms with Crippen molar-refractivity contribution in [2.75, 3.05) is 24.5 Å². The standard InChI is InChI=1S/C15H18N2O3/c1-15(13(18)19)7-9-16(10-15)14(20)17-8-6-11-4-2-3-5-12(11)17/h2-5H,6-10H2,1H3,(H,18,19). The topological polar surface area (TPSA) is 60.9 Å². The monoisotopic (exact) mass is 274 g/mol. The van der Waals surface area contributed by atoms with E-state index in [0.717, 1.165) is 12.1 Å². The Balaban J connectivity index is 1.77. The number of carbonyl (C=O) groups is 2. The summed E-state index contributed by atoms with van der Waals surface area (Å²) < 4.78 is 0. The smallest absolute Gasteiger partial charge is 0.324 e. The second-order valence-electron chi connectivity index (χ2n) is 5.85. The molecule has 1 fully saturated rings. The Kier molecular flexibility index (Phi) is 2.92. The van der Waals surface area contributed by atoms with Crippen molar-refractivity contribution in [2.24, 2.45) is 5.41 Å². The highest BCUT2D eigenvalue weighted by Crippen LogP contribution is 2.33. The number of carboxylic acid groups (broad SMARTS) is 1. The Morgan fingerprint density at radius 1 is 1.25 bits per heavy atom. The van der Waals surface area contributed by atoms with E-state index in [0.29, 0.717) is 26.1 Å². The number of nitrogens with zero attached hydrogens (tertiary/aromatic N) is 2. The summed E-state index contributed by atoms with van der Waals surface area (Å²) in [7, 11) is 0. The maximum atomic E-state index is 12.6. The van der Waals surface area contributed by atoms with Gasteiger partial charge in [0.15, 0.2) is 0 Å². The Bertz CT molecular complexity index is 572. The minimum atomic E-state index is -0.824. The van der Waals surface area contributed by atoms with Crippen LogP contribution in [0.5, 0.6) is 0 Å². The van der Waals surface area contributed by atoms with Gasteiger partial charge >= 0.3 is 12.0 Å². The van der Waals surface area contributed by atoms with Crippen LogP contribution in [-0.2, 0) is 11.2 Å². The van der Waals surface area contributed by atoms with E-state index in [1.54, 1.807) is 16.7 Å². The molecule has 0 aliphatic carbocycles. The number of para-hydroxylation sites is 1. The third-order valence-electron chi connectivity index (χ3n) is 4.38. The van der Waals surface area contributed by atoms with Crippen molar-refractivity contribution < 1.29 is 14.7 Å². The number of aliphatic carboxylic acids is 1. The number of anilines is 1. The zero-order valence-electron chi connectivity index (χ0n) is 11.5. The van der Waals surface area contributed by atoms with E-state index in [-0.39, 0.29) is 6.03 Å². The molecule has 106 valence electrons. The summed E-state index contributed by atoms with van der Waals surface area (Å²) >= 11 is 0. The molecule has 3 rings (SSSR count). The molecule has 2 heterocycles. The van der Waals surface area contributed by atoms with Crippen LogP contribution in [0.15, 0.2) is 24.3 Å². The Morgan fingerprint density at radius 3 is 2.70 bits per heavy atom. The molecule has 2 aliphatic heterocycles. The number of benzene rings is 1. The van der Waals surface area contributed by atoms with E-state index < -0.39 is 11.4 Å². The highest BCUT2D eigenvalue weighted by Gasteiger charge is 2.43. The van der Waals surface area contributed by atoms with Crippen molar-refractivity contribution >= 4 is 17.7 Å². The van der Waals surface area contributed by atoms with Gasteiger partial charge in [0, 0.05) is 25.3 Å². The van der Waals surface area contributed by atoms with Gasteiger partial charge in [-0.2, -0.15) is 0 Å². The molecule has 0 aromatic heterocycles. The maximum Gasteiger partial charge on any atom is 0.324 e. The van der Waals surface area contributed by atoms with E-state index in [2.05, 4.69) is 0 Å². The summed E-state index contributed by atoms with van der Waals surface area (Å²) in [6.45, 7) is 3.19. The molecule has 1 atom stereocenters. The number of carboxylic acids is 1. The molecule has 1 unspecified atom stereocenters. The maximum absolute atomic E-state index is 12.6. The number of fused-ring (bicyclic) bond motifs is 1. The second-order valence-corrected chi connectivity index (χ2v) is 5.85. The molecule has 0 saturated carbocycles. The summed E-state index contributed by atoms with van der Waals surface area (Å²) in [5.41, 5.74) is 1.33. The molecule has 1 saturated heterocycles. The van der Waals surface area contributed by atoms with Crippen molar-refractivity contribution in [3.8, 4) is 0 Å². The first kappa shape index (κ1) is 13.0. The number of hydrogen-bond donors (Lipinski definition) is 1. The molecular formula is C15H18N2O3. The first-order chi connectivity index (χ1) is 9.51. The van der Waals surface area contributed by atoms with Gasteiger partial charge in [-0.25, -0.2) is 4.79 Å². The van der Waals surface area contributed by atoms with Gasteiger partial charge in [0.1, 0.15) is 0 Å². The van der Waals surface area contributed by atoms with Crippen molar-refractivity contribution in [1.29, 1.82) is 0 Å². The van der Waals surface area contributed by atoms with Gasteiger partial charge in [-0.1, -0.05) is 18.2 Å². The highest BCUT2D eigenvalue weighted by atomic mass is 16.4. The van der Waals surface area contributed by atoms with Gasteiger partial charge in [0.05, 0.1) is 5.41 Å². The number of hydrogen-bond acceptors (Lipinski definition) is 2. The predicted molar refractivity (Wildman–Crippen MR) is 74.8 cm³/mol. The van der Waals surface area contributed by atoms with Crippen LogP contribution in [0.1, 0.15) is 18.9 Å². The molecule has 1 aromatic carbocycles. The summed E-state index contributed by atoms with van der Waals surface area (Å²) in [5, 5.41) is 9.24. The summed E-state index contributed by atoms with van der Waals surface area (Å²) in [6, 6.07) is 7.82. The van der Waals surface area contributed by atoms with Gasteiger partial charge in [0.2, 0.25) is 0 Å². The van der Waals surface area contributed by atoms with Gasteiger partial charge in [0.25, 0.3) is 0 Å². The van der Waals surface area contributed by atoms with Crippen LogP contribution in [0.25, 0.3) is 0 Å². The van der Waals surface area contributed by atoms with E-state index >= 15 is 0 Å². The van der Waals surface area contributed by atoms with Crippen LogP contribution < -0.4 is 4.90 Å². The van der Waals surface area contributed by atoms with Crippen molar-refractivity contribution in [1.82, 2.24) is 4.90 Å². The molecule has 0 radical (unpaired) electrons. The van der Waals surface area contributed by atoms with Crippen LogP contribution in [0.4, 0.5) is 10.5 Å². The van der Waals surface area contributed by atoms with Crippen molar-refractivity contribution in [3.05, 3.63) is 29.8 Å². The van der Waals surface area contributed by atoms with Crippen molar-refractivity contribution in [2.45, 2.75) is 19.8 Å². The van der Waals surface area contributed by atoms with Crippen LogP contribution in [-0.4, -0.2) is 41.6 Å². The largest absolute Gasteiger partial charge is 0.481 e. The predicted octanol–water partition coefficient (Wildman–Crippen LogP) is 1.97. The lowest BCUT2D eigenvalue weighted by molar-refractivity contribution is -0.146. The fourth-order valence-corrected chi connectivity index (χ4v) is 3.01. The second kappa shape index (κ2) is 4.51. The summed E-state index contributed by atoms with van der Waals surface area (Å²) in [6.07, 6.45) is 1.38. The molecule has 1 aromatic rings. The van der Waals surface area contributed by atoms with Crippen LogP contribution in [0.2, 0.25) is 0 Å². The van der Waals surface area contributed by atoms with Crippen molar-refractivity contribution in [3.63, 3.8) is 0 Å². The summed E-state index contributed by atoms with van der Waals surface area (Å²) in [5.74, 6) is -0.824. The minimum absolute atomic E-state index is 0.0695. The first-order valence-corrected chi connectivity index (χ1v) is 6.89. The van der Waals surface area contributed by atoms with Crippen LogP contribution in [0.3, 0.4) is 0 Å². The normalized spacial score (nSPS) is 24.9. The third kappa shape index (κ3) is 1.94. The van der Waals surface area contributed by atoms with Crippen LogP contribution in [0, 0.1) is 5.41 Å². The minimum Gasteiger partial charge on any atom is -0.481 e. The van der Waals surface area contributed by atoms with E-state index in [4.69, 9.17) is 0 Å². The van der Waals surface area contributed by atoms with Crippen LogP contribution >= 0.6 is 0 Å². The highest BCUT2D eigenvalue weighted by molar-refractivity contribution is 5.95. The van der Waals surface area contributed by atoms with Gasteiger partial charge in [-0.15, -0.1) is 0 Å². The quantitative estimate of drug-likeness (QED) is 0.851. The number of rotatable bonds is 1. The lowest BCUT2D eigenvalue weighted by Gasteiger charge is -2.26. The average molecular weight is 274 g/mol. The number of carbonyl (C=O) groups excluding carboxylic acids is 1. The first-order valence-electron chi connectivity index (χ1n) is 6.89. The van der Waals surface area contributed by atoms with Gasteiger partial charge < -0.3 is 10.0 Å². The zero-order chi connectivity index (χ0) is 14.3. The molecule has 0 spiro atoms. The van der Waals surface area contributed by atoms with E-state index in [9.17, 15) is 14.7 Å². The fourth-order valence-electron chi connectivity index (χ4n) is 3.01. The third-order valence-corrected chi connectivity index (χ3v) is 4.38. The SMILES string of the molecule is CC1(C(=O)O)CCN(C(=O)N2CCc3ccccc32)C1.